The van der Waals surface area contributed by atoms with Crippen molar-refractivity contribution < 1.29 is 18.8 Å². The molecule has 0 fully saturated rings. The second kappa shape index (κ2) is 10.9. The Hall–Kier alpha value is -4.51. The molecule has 1 atom stereocenters. The molecular weight excluding hydrogens is 537 g/mol. The molecule has 4 aromatic rings. The molecule has 2 aromatic carbocycles. The topological polar surface area (TPSA) is 116 Å². The highest BCUT2D eigenvalue weighted by Gasteiger charge is 2.38. The minimum Gasteiger partial charge on any atom is -0.324 e. The van der Waals surface area contributed by atoms with Crippen molar-refractivity contribution in [3.63, 3.8) is 0 Å². The number of aryl methyl sites for hydroxylation is 1. The molecule has 1 unspecified atom stereocenters. The van der Waals surface area contributed by atoms with E-state index in [2.05, 4.69) is 20.6 Å². The van der Waals surface area contributed by atoms with Gasteiger partial charge in [-0.2, -0.15) is 9.78 Å². The van der Waals surface area contributed by atoms with Gasteiger partial charge in [0.15, 0.2) is 17.4 Å². The third-order valence-corrected chi connectivity index (χ3v) is 7.35. The molecule has 0 N–H and O–H groups in total. The number of hydrogen-bond acceptors (Lipinski definition) is 7. The van der Waals surface area contributed by atoms with Crippen LogP contribution in [0.5, 0.6) is 0 Å². The number of rotatable bonds is 7. The predicted octanol–water partition coefficient (Wildman–Crippen LogP) is 3.65. The molecule has 40 heavy (non-hydrogen) atoms. The van der Waals surface area contributed by atoms with Crippen molar-refractivity contribution in [1.29, 1.82) is 0 Å². The van der Waals surface area contributed by atoms with E-state index in [0.717, 1.165) is 17.0 Å². The van der Waals surface area contributed by atoms with Gasteiger partial charge in [0.1, 0.15) is 12.4 Å². The number of aromatic nitrogens is 6. The van der Waals surface area contributed by atoms with Gasteiger partial charge in [-0.1, -0.05) is 35.9 Å². The van der Waals surface area contributed by atoms with E-state index < -0.39 is 17.8 Å². The molecule has 5 rings (SSSR count). The Morgan fingerprint density at radius 1 is 1.15 bits per heavy atom. The molecular formula is C28H25ClFN7O3. The lowest BCUT2D eigenvalue weighted by Gasteiger charge is -2.34. The number of benzene rings is 2. The van der Waals surface area contributed by atoms with Gasteiger partial charge in [-0.3, -0.25) is 19.1 Å². The lowest BCUT2D eigenvalue weighted by Crippen LogP contribution is -2.43. The minimum absolute atomic E-state index is 0.0249. The normalized spacial score (nSPS) is 14.9. The fourth-order valence-corrected chi connectivity index (χ4v) is 5.07. The van der Waals surface area contributed by atoms with Crippen LogP contribution < -0.4 is 0 Å². The van der Waals surface area contributed by atoms with Crippen LogP contribution in [0.3, 0.4) is 0 Å². The van der Waals surface area contributed by atoms with Gasteiger partial charge in [-0.25, -0.2) is 4.39 Å². The summed E-state index contributed by atoms with van der Waals surface area (Å²) >= 11 is 6.02. The number of nitrogens with zero attached hydrogens (tertiary/aromatic N) is 7. The fourth-order valence-electron chi connectivity index (χ4n) is 4.91. The monoisotopic (exact) mass is 561 g/mol. The minimum atomic E-state index is -0.884. The molecule has 1 aliphatic heterocycles. The molecule has 204 valence electrons. The van der Waals surface area contributed by atoms with E-state index in [-0.39, 0.29) is 35.1 Å². The highest BCUT2D eigenvalue weighted by atomic mass is 35.5. The van der Waals surface area contributed by atoms with Crippen LogP contribution in [0.2, 0.25) is 5.02 Å². The van der Waals surface area contributed by atoms with Gasteiger partial charge in [0.2, 0.25) is 5.91 Å². The Labute approximate surface area is 234 Å². The van der Waals surface area contributed by atoms with E-state index in [1.54, 1.807) is 42.1 Å². The first-order valence-corrected chi connectivity index (χ1v) is 12.9. The van der Waals surface area contributed by atoms with Crippen LogP contribution in [0.1, 0.15) is 51.4 Å². The van der Waals surface area contributed by atoms with Crippen molar-refractivity contribution in [1.82, 2.24) is 34.9 Å². The van der Waals surface area contributed by atoms with Gasteiger partial charge in [-0.15, -0.1) is 5.10 Å². The first kappa shape index (κ1) is 27.1. The zero-order chi connectivity index (χ0) is 28.6. The highest BCUT2D eigenvalue weighted by molar-refractivity contribution is 6.31. The van der Waals surface area contributed by atoms with E-state index >= 15 is 4.39 Å². The Balaban J connectivity index is 1.48. The van der Waals surface area contributed by atoms with Crippen molar-refractivity contribution in [3.8, 4) is 5.69 Å². The summed E-state index contributed by atoms with van der Waals surface area (Å²) < 4.78 is 18.0. The number of hydrogen-bond donors (Lipinski definition) is 0. The average Bonchev–Trinajstić information content (AvgIpc) is 3.57. The van der Waals surface area contributed by atoms with Crippen molar-refractivity contribution in [3.05, 3.63) is 93.3 Å². The van der Waals surface area contributed by atoms with Crippen LogP contribution >= 0.6 is 11.6 Å². The van der Waals surface area contributed by atoms with Crippen molar-refractivity contribution in [2.75, 3.05) is 6.54 Å². The van der Waals surface area contributed by atoms with Crippen molar-refractivity contribution in [2.24, 2.45) is 7.05 Å². The number of carbonyl (C=O) groups excluding carboxylic acids is 3. The zero-order valence-electron chi connectivity index (χ0n) is 22.0. The summed E-state index contributed by atoms with van der Waals surface area (Å²) in [6.45, 7) is 3.59. The fraction of sp³-hybridized carbons (Fsp3) is 0.250. The molecule has 2 aromatic heterocycles. The molecule has 10 nitrogen and oxygen atoms in total. The molecule has 1 amide bonds. The maximum absolute atomic E-state index is 15.0. The summed E-state index contributed by atoms with van der Waals surface area (Å²) in [7, 11) is 1.80. The standard InChI is InChI=1S/C28H25ClFN7O3/c1-16-26-22(32-35(16)3)12-13-36(28(26)24(39)14-18-4-6-19(7-5-18)17(2)38)25(40)11-8-20-23(37-15-31-33-34-37)10-9-21(29)27(20)30/h4-11,15,28H,12-14H2,1-3H3/b11-8+. The smallest absolute Gasteiger partial charge is 0.247 e. The van der Waals surface area contributed by atoms with Gasteiger partial charge in [-0.05, 0) is 48.0 Å². The van der Waals surface area contributed by atoms with Crippen LogP contribution in [-0.2, 0) is 29.5 Å². The summed E-state index contributed by atoms with van der Waals surface area (Å²) in [5.74, 6) is -1.47. The number of amides is 1. The Morgan fingerprint density at radius 3 is 2.58 bits per heavy atom. The lowest BCUT2D eigenvalue weighted by molar-refractivity contribution is -0.136. The maximum atomic E-state index is 15.0. The van der Waals surface area contributed by atoms with Crippen LogP contribution in [0.4, 0.5) is 4.39 Å². The van der Waals surface area contributed by atoms with Crippen LogP contribution in [0.15, 0.2) is 48.8 Å². The Kier molecular flexibility index (Phi) is 7.40. The zero-order valence-corrected chi connectivity index (χ0v) is 22.8. The summed E-state index contributed by atoms with van der Waals surface area (Å²) in [6.07, 6.45) is 4.36. The summed E-state index contributed by atoms with van der Waals surface area (Å²) in [6, 6.07) is 8.88. The van der Waals surface area contributed by atoms with E-state index in [9.17, 15) is 14.4 Å². The quantitative estimate of drug-likeness (QED) is 0.250. The second-order valence-corrected chi connectivity index (χ2v) is 9.94. The number of tetrazole rings is 1. The van der Waals surface area contributed by atoms with Gasteiger partial charge in [0.05, 0.1) is 16.4 Å². The van der Waals surface area contributed by atoms with Crippen molar-refractivity contribution >= 4 is 35.2 Å². The lowest BCUT2D eigenvalue weighted by atomic mass is 9.90. The third kappa shape index (κ3) is 5.07. The summed E-state index contributed by atoms with van der Waals surface area (Å²) in [5, 5.41) is 15.4. The Morgan fingerprint density at radius 2 is 1.90 bits per heavy atom. The largest absolute Gasteiger partial charge is 0.324 e. The number of ketones is 2. The predicted molar refractivity (Wildman–Crippen MR) is 144 cm³/mol. The molecule has 1 aliphatic rings. The van der Waals surface area contributed by atoms with Gasteiger partial charge < -0.3 is 4.90 Å². The maximum Gasteiger partial charge on any atom is 0.247 e. The number of carbonyl (C=O) groups is 3. The van der Waals surface area contributed by atoms with Gasteiger partial charge >= 0.3 is 0 Å². The van der Waals surface area contributed by atoms with Crippen LogP contribution in [-0.4, -0.2) is 58.9 Å². The first-order chi connectivity index (χ1) is 19.2. The van der Waals surface area contributed by atoms with Crippen LogP contribution in [0.25, 0.3) is 11.8 Å². The first-order valence-electron chi connectivity index (χ1n) is 12.5. The SMILES string of the molecule is CC(=O)c1ccc(CC(=O)C2c3c(nn(C)c3C)CCN2C(=O)/C=C/c2c(-n3cnnn3)ccc(Cl)c2F)cc1. The third-order valence-electron chi connectivity index (χ3n) is 7.06. The summed E-state index contributed by atoms with van der Waals surface area (Å²) in [4.78, 5) is 40.5. The second-order valence-electron chi connectivity index (χ2n) is 9.53. The van der Waals surface area contributed by atoms with Crippen molar-refractivity contribution in [2.45, 2.75) is 32.7 Å². The summed E-state index contributed by atoms with van der Waals surface area (Å²) in [5.41, 5.74) is 3.83. The molecule has 3 heterocycles. The van der Waals surface area contributed by atoms with E-state index in [1.165, 1.54) is 41.1 Å². The molecule has 0 bridgehead atoms. The number of Topliss-reactive ketones (excluding diaryl/α,β-unsaturated/α-hetero) is 2. The highest BCUT2D eigenvalue weighted by Crippen LogP contribution is 2.34. The molecule has 0 radical (unpaired) electrons. The molecule has 0 saturated carbocycles. The van der Waals surface area contributed by atoms with Gasteiger partial charge in [0, 0.05) is 54.9 Å². The van der Waals surface area contributed by atoms with Crippen LogP contribution in [0, 0.1) is 12.7 Å². The molecule has 0 aliphatic carbocycles. The van der Waals surface area contributed by atoms with E-state index in [1.807, 2.05) is 6.92 Å². The molecule has 12 heteroatoms. The van der Waals surface area contributed by atoms with E-state index in [4.69, 9.17) is 11.6 Å². The Bertz CT molecular complexity index is 1650. The van der Waals surface area contributed by atoms with Gasteiger partial charge in [0.25, 0.3) is 0 Å². The average molecular weight is 562 g/mol. The molecule has 0 saturated heterocycles. The molecule has 0 spiro atoms. The van der Waals surface area contributed by atoms with E-state index in [0.29, 0.717) is 23.2 Å². The number of fused-ring (bicyclic) bond motifs is 1. The number of halogens is 2.